The zero-order chi connectivity index (χ0) is 14.7. The van der Waals surface area contributed by atoms with Crippen molar-refractivity contribution < 1.29 is 0 Å². The van der Waals surface area contributed by atoms with Crippen LogP contribution in [-0.4, -0.2) is 12.3 Å². The predicted octanol–water partition coefficient (Wildman–Crippen LogP) is 7.56. The van der Waals surface area contributed by atoms with Gasteiger partial charge in [-0.2, -0.15) is 0 Å². The molecule has 0 aliphatic rings. The molecule has 0 spiro atoms. The van der Waals surface area contributed by atoms with Crippen molar-refractivity contribution in [3.05, 3.63) is 0 Å². The van der Waals surface area contributed by atoms with Gasteiger partial charge in [0.15, 0.2) is 0 Å². The van der Waals surface area contributed by atoms with E-state index in [0.29, 0.717) is 0 Å². The zero-order valence-corrected chi connectivity index (χ0v) is 15.5. The van der Waals surface area contributed by atoms with Crippen LogP contribution in [-0.2, 0) is 0 Å². The van der Waals surface area contributed by atoms with E-state index in [9.17, 15) is 0 Å². The molecule has 0 saturated heterocycles. The smallest absolute Gasteiger partial charge is 0.0353 e. The molecule has 0 bridgehead atoms. The lowest BCUT2D eigenvalue weighted by molar-refractivity contribution is 0.538. The standard InChI is InChI=1S/C19H41P/c1-3-5-6-7-8-9-10-11-12-13-14-15-16-17-19-20-18-4-2/h20H,3-19H2,1-2H3. The van der Waals surface area contributed by atoms with E-state index in [0.717, 1.165) is 0 Å². The Hall–Kier alpha value is 0.430. The van der Waals surface area contributed by atoms with Crippen molar-refractivity contribution in [2.75, 3.05) is 12.3 Å². The van der Waals surface area contributed by atoms with Gasteiger partial charge >= 0.3 is 0 Å². The highest BCUT2D eigenvalue weighted by atomic mass is 31.1. The first kappa shape index (κ1) is 20.4. The summed E-state index contributed by atoms with van der Waals surface area (Å²) in [6.45, 7) is 4.60. The van der Waals surface area contributed by atoms with Gasteiger partial charge in [-0.3, -0.25) is 0 Å². The molecule has 0 aliphatic heterocycles. The number of hydrogen-bond acceptors (Lipinski definition) is 0. The molecule has 0 aliphatic carbocycles. The maximum atomic E-state index is 2.30. The van der Waals surface area contributed by atoms with Crippen LogP contribution < -0.4 is 0 Å². The molecule has 0 aromatic carbocycles. The SMILES string of the molecule is CCCCCCCCCCCCCCCCPCCC. The van der Waals surface area contributed by atoms with Gasteiger partial charge in [0.05, 0.1) is 0 Å². The van der Waals surface area contributed by atoms with Gasteiger partial charge in [0.1, 0.15) is 0 Å². The number of hydrogen-bond donors (Lipinski definition) is 0. The summed E-state index contributed by atoms with van der Waals surface area (Å²) in [5, 5.41) is 0. The molecule has 122 valence electrons. The lowest BCUT2D eigenvalue weighted by atomic mass is 10.0. The highest BCUT2D eigenvalue weighted by Crippen LogP contribution is 2.16. The van der Waals surface area contributed by atoms with Gasteiger partial charge in [-0.15, -0.1) is 8.58 Å². The number of unbranched alkanes of at least 4 members (excludes halogenated alkanes) is 13. The molecule has 0 amide bonds. The third-order valence-corrected chi connectivity index (χ3v) is 5.69. The largest absolute Gasteiger partial charge is 0.122 e. The third-order valence-electron chi connectivity index (χ3n) is 4.13. The Labute approximate surface area is 131 Å². The molecule has 1 heteroatoms. The topological polar surface area (TPSA) is 0 Å². The Morgan fingerprint density at radius 2 is 0.800 bits per heavy atom. The lowest BCUT2D eigenvalue weighted by Gasteiger charge is -2.03. The summed E-state index contributed by atoms with van der Waals surface area (Å²) in [7, 11) is 1.24. The minimum absolute atomic E-state index is 1.24. The van der Waals surface area contributed by atoms with Gasteiger partial charge in [0.2, 0.25) is 0 Å². The van der Waals surface area contributed by atoms with Crippen molar-refractivity contribution >= 4 is 8.58 Å². The summed E-state index contributed by atoms with van der Waals surface area (Å²) in [4.78, 5) is 0. The quantitative estimate of drug-likeness (QED) is 0.192. The molecule has 0 N–H and O–H groups in total. The molecule has 0 aromatic rings. The summed E-state index contributed by atoms with van der Waals surface area (Å²) in [5.74, 6) is 0. The Morgan fingerprint density at radius 1 is 0.400 bits per heavy atom. The molecule has 20 heavy (non-hydrogen) atoms. The Morgan fingerprint density at radius 3 is 1.20 bits per heavy atom. The third kappa shape index (κ3) is 18.4. The van der Waals surface area contributed by atoms with E-state index in [-0.39, 0.29) is 0 Å². The molecular formula is C19H41P. The first-order valence-corrected chi connectivity index (χ1v) is 11.0. The van der Waals surface area contributed by atoms with Crippen LogP contribution in [0.5, 0.6) is 0 Å². The van der Waals surface area contributed by atoms with Crippen LogP contribution in [0.1, 0.15) is 110 Å². The zero-order valence-electron chi connectivity index (χ0n) is 14.5. The minimum atomic E-state index is 1.24. The van der Waals surface area contributed by atoms with Crippen molar-refractivity contribution in [3.63, 3.8) is 0 Å². The molecule has 0 fully saturated rings. The summed E-state index contributed by atoms with van der Waals surface area (Å²) in [6.07, 6.45) is 25.0. The van der Waals surface area contributed by atoms with E-state index in [1.54, 1.807) is 0 Å². The molecule has 0 heterocycles. The second-order valence-electron chi connectivity index (χ2n) is 6.35. The van der Waals surface area contributed by atoms with Gasteiger partial charge < -0.3 is 0 Å². The minimum Gasteiger partial charge on any atom is -0.122 e. The van der Waals surface area contributed by atoms with Gasteiger partial charge in [-0.25, -0.2) is 0 Å². The highest BCUT2D eigenvalue weighted by molar-refractivity contribution is 7.37. The normalized spacial score (nSPS) is 11.7. The maximum Gasteiger partial charge on any atom is -0.0353 e. The van der Waals surface area contributed by atoms with E-state index in [2.05, 4.69) is 13.8 Å². The first-order valence-electron chi connectivity index (χ1n) is 9.62. The number of rotatable bonds is 17. The van der Waals surface area contributed by atoms with Gasteiger partial charge in [-0.1, -0.05) is 104 Å². The van der Waals surface area contributed by atoms with Crippen molar-refractivity contribution in [1.29, 1.82) is 0 Å². The molecule has 0 rings (SSSR count). The van der Waals surface area contributed by atoms with Crippen LogP contribution in [0.15, 0.2) is 0 Å². The van der Waals surface area contributed by atoms with Gasteiger partial charge in [-0.05, 0) is 18.7 Å². The van der Waals surface area contributed by atoms with E-state index in [1.165, 1.54) is 117 Å². The first-order chi connectivity index (χ1) is 9.91. The van der Waals surface area contributed by atoms with Crippen molar-refractivity contribution in [2.45, 2.75) is 110 Å². The van der Waals surface area contributed by atoms with Crippen LogP contribution in [0, 0.1) is 0 Å². The fraction of sp³-hybridized carbons (Fsp3) is 1.00. The van der Waals surface area contributed by atoms with Crippen molar-refractivity contribution in [1.82, 2.24) is 0 Å². The van der Waals surface area contributed by atoms with Crippen LogP contribution in [0.3, 0.4) is 0 Å². The Kier molecular flexibility index (Phi) is 19.8. The van der Waals surface area contributed by atoms with E-state index in [1.807, 2.05) is 0 Å². The van der Waals surface area contributed by atoms with E-state index < -0.39 is 0 Å². The molecule has 0 nitrogen and oxygen atoms in total. The Balaban J connectivity index is 2.89. The van der Waals surface area contributed by atoms with Crippen molar-refractivity contribution in [2.24, 2.45) is 0 Å². The maximum absolute atomic E-state index is 2.30. The van der Waals surface area contributed by atoms with Gasteiger partial charge in [0.25, 0.3) is 0 Å². The van der Waals surface area contributed by atoms with Crippen molar-refractivity contribution in [3.8, 4) is 0 Å². The Bertz CT molecular complexity index is 138. The monoisotopic (exact) mass is 300 g/mol. The average Bonchev–Trinajstić information content (AvgIpc) is 2.47. The predicted molar refractivity (Wildman–Crippen MR) is 98.7 cm³/mol. The summed E-state index contributed by atoms with van der Waals surface area (Å²) >= 11 is 0. The molecular weight excluding hydrogens is 259 g/mol. The summed E-state index contributed by atoms with van der Waals surface area (Å²) in [6, 6.07) is 0. The summed E-state index contributed by atoms with van der Waals surface area (Å²) in [5.41, 5.74) is 0. The average molecular weight is 301 g/mol. The van der Waals surface area contributed by atoms with E-state index >= 15 is 0 Å². The second-order valence-corrected chi connectivity index (χ2v) is 7.85. The molecule has 0 aromatic heterocycles. The van der Waals surface area contributed by atoms with Gasteiger partial charge in [0, 0.05) is 0 Å². The molecule has 0 saturated carbocycles. The second kappa shape index (κ2) is 19.4. The highest BCUT2D eigenvalue weighted by Gasteiger charge is 1.94. The fourth-order valence-electron chi connectivity index (χ4n) is 2.75. The van der Waals surface area contributed by atoms with E-state index in [4.69, 9.17) is 0 Å². The van der Waals surface area contributed by atoms with Crippen LogP contribution >= 0.6 is 8.58 Å². The fourth-order valence-corrected chi connectivity index (χ4v) is 3.85. The lowest BCUT2D eigenvalue weighted by Crippen LogP contribution is -1.84. The van der Waals surface area contributed by atoms with Crippen LogP contribution in [0.2, 0.25) is 0 Å². The molecule has 0 radical (unpaired) electrons. The molecule has 1 atom stereocenters. The molecule has 1 unspecified atom stereocenters. The summed E-state index contributed by atoms with van der Waals surface area (Å²) < 4.78 is 0. The van der Waals surface area contributed by atoms with Crippen LogP contribution in [0.4, 0.5) is 0 Å². The van der Waals surface area contributed by atoms with Crippen LogP contribution in [0.25, 0.3) is 0 Å².